The van der Waals surface area contributed by atoms with Crippen LogP contribution in [0.4, 0.5) is 0 Å². The van der Waals surface area contributed by atoms with Crippen molar-refractivity contribution in [1.82, 2.24) is 0 Å². The van der Waals surface area contributed by atoms with E-state index in [1.54, 1.807) is 6.08 Å². The number of rotatable bonds is 0. The van der Waals surface area contributed by atoms with Crippen molar-refractivity contribution in [2.45, 2.75) is 50.2 Å². The minimum Gasteiger partial charge on any atom is -0.387 e. The summed E-state index contributed by atoms with van der Waals surface area (Å²) in [4.78, 5) is 0. The van der Waals surface area contributed by atoms with Gasteiger partial charge in [0.15, 0.2) is 5.79 Å². The SMILES string of the molecule is CC1=CC(O)C(Cl)C2OC(C)(C)OC12. The van der Waals surface area contributed by atoms with Crippen molar-refractivity contribution in [3.8, 4) is 0 Å². The first-order chi connectivity index (χ1) is 6.41. The molecule has 0 aromatic rings. The van der Waals surface area contributed by atoms with Crippen molar-refractivity contribution >= 4 is 11.6 Å². The fourth-order valence-electron chi connectivity index (χ4n) is 2.02. The molecule has 0 saturated carbocycles. The Labute approximate surface area is 88.6 Å². The van der Waals surface area contributed by atoms with Gasteiger partial charge in [0, 0.05) is 0 Å². The number of aliphatic hydroxyl groups excluding tert-OH is 1. The van der Waals surface area contributed by atoms with Crippen LogP contribution in [-0.4, -0.2) is 34.6 Å². The van der Waals surface area contributed by atoms with E-state index in [9.17, 15) is 5.11 Å². The van der Waals surface area contributed by atoms with Gasteiger partial charge in [-0.3, -0.25) is 0 Å². The van der Waals surface area contributed by atoms with Crippen LogP contribution in [0.5, 0.6) is 0 Å². The van der Waals surface area contributed by atoms with Crippen molar-refractivity contribution in [2.24, 2.45) is 0 Å². The Kier molecular flexibility index (Phi) is 2.39. The van der Waals surface area contributed by atoms with Crippen molar-refractivity contribution in [3.05, 3.63) is 11.6 Å². The van der Waals surface area contributed by atoms with Gasteiger partial charge in [-0.2, -0.15) is 0 Å². The molecule has 0 amide bonds. The van der Waals surface area contributed by atoms with E-state index in [0.717, 1.165) is 5.57 Å². The van der Waals surface area contributed by atoms with Crippen LogP contribution in [0, 0.1) is 0 Å². The molecule has 2 aliphatic rings. The van der Waals surface area contributed by atoms with Gasteiger partial charge in [-0.1, -0.05) is 6.08 Å². The molecule has 0 spiro atoms. The Hall–Kier alpha value is -0.0900. The molecule has 0 radical (unpaired) electrons. The largest absolute Gasteiger partial charge is 0.387 e. The zero-order valence-electron chi connectivity index (χ0n) is 8.53. The van der Waals surface area contributed by atoms with E-state index in [2.05, 4.69) is 0 Å². The lowest BCUT2D eigenvalue weighted by atomic mass is 9.93. The fraction of sp³-hybridized carbons (Fsp3) is 0.800. The third kappa shape index (κ3) is 1.58. The third-order valence-electron chi connectivity index (χ3n) is 2.65. The molecule has 0 bridgehead atoms. The molecule has 80 valence electrons. The third-order valence-corrected chi connectivity index (χ3v) is 3.16. The highest BCUT2D eigenvalue weighted by molar-refractivity contribution is 6.21. The summed E-state index contributed by atoms with van der Waals surface area (Å²) in [5.41, 5.74) is 0.991. The van der Waals surface area contributed by atoms with Crippen LogP contribution in [0.15, 0.2) is 11.6 Å². The van der Waals surface area contributed by atoms with Crippen molar-refractivity contribution in [3.63, 3.8) is 0 Å². The standard InChI is InChI=1S/C10H15ClO3/c1-5-4-6(12)7(11)9-8(5)13-10(2,3)14-9/h4,6-9,12H,1-3H3. The molecular formula is C10H15ClO3. The number of halogens is 1. The molecule has 1 heterocycles. The van der Waals surface area contributed by atoms with Gasteiger partial charge in [-0.25, -0.2) is 0 Å². The smallest absolute Gasteiger partial charge is 0.164 e. The summed E-state index contributed by atoms with van der Waals surface area (Å²) in [7, 11) is 0. The first kappa shape index (κ1) is 10.4. The van der Waals surface area contributed by atoms with Crippen LogP contribution >= 0.6 is 11.6 Å². The molecule has 4 atom stereocenters. The van der Waals surface area contributed by atoms with E-state index in [-0.39, 0.29) is 12.2 Å². The van der Waals surface area contributed by atoms with Crippen molar-refractivity contribution in [1.29, 1.82) is 0 Å². The quantitative estimate of drug-likeness (QED) is 0.494. The second kappa shape index (κ2) is 3.20. The minimum absolute atomic E-state index is 0.115. The molecule has 3 nitrogen and oxygen atoms in total. The lowest BCUT2D eigenvalue weighted by Gasteiger charge is -2.29. The van der Waals surface area contributed by atoms with Gasteiger partial charge in [-0.15, -0.1) is 11.6 Å². The van der Waals surface area contributed by atoms with Crippen LogP contribution in [0.3, 0.4) is 0 Å². The monoisotopic (exact) mass is 218 g/mol. The van der Waals surface area contributed by atoms with Gasteiger partial charge in [0.2, 0.25) is 0 Å². The first-order valence-corrected chi connectivity index (χ1v) is 5.20. The summed E-state index contributed by atoms with van der Waals surface area (Å²) in [6, 6.07) is 0. The maximum atomic E-state index is 9.62. The lowest BCUT2D eigenvalue weighted by Crippen LogP contribution is -2.43. The Bertz CT molecular complexity index is 275. The maximum absolute atomic E-state index is 9.62. The van der Waals surface area contributed by atoms with Crippen LogP contribution in [-0.2, 0) is 9.47 Å². The summed E-state index contributed by atoms with van der Waals surface area (Å²) in [5, 5.41) is 9.20. The maximum Gasteiger partial charge on any atom is 0.164 e. The number of hydrogen-bond donors (Lipinski definition) is 1. The highest BCUT2D eigenvalue weighted by Gasteiger charge is 2.49. The molecule has 0 aromatic carbocycles. The molecule has 14 heavy (non-hydrogen) atoms. The predicted molar refractivity (Wildman–Crippen MR) is 53.2 cm³/mol. The molecule has 1 saturated heterocycles. The molecule has 2 rings (SSSR count). The van der Waals surface area contributed by atoms with Gasteiger partial charge in [0.1, 0.15) is 12.2 Å². The summed E-state index contributed by atoms with van der Waals surface area (Å²) in [5.74, 6) is -0.609. The zero-order valence-corrected chi connectivity index (χ0v) is 9.28. The molecular weight excluding hydrogens is 204 g/mol. The number of alkyl halides is 1. The van der Waals surface area contributed by atoms with E-state index >= 15 is 0 Å². The average molecular weight is 219 g/mol. The van der Waals surface area contributed by atoms with Gasteiger partial charge in [-0.05, 0) is 26.3 Å². The van der Waals surface area contributed by atoms with Gasteiger partial charge in [0.05, 0.1) is 11.5 Å². The molecule has 4 heteroatoms. The summed E-state index contributed by atoms with van der Waals surface area (Å²) in [6.45, 7) is 5.64. The first-order valence-electron chi connectivity index (χ1n) is 4.77. The molecule has 0 aromatic heterocycles. The average Bonchev–Trinajstić information content (AvgIpc) is 2.38. The van der Waals surface area contributed by atoms with E-state index in [0.29, 0.717) is 0 Å². The topological polar surface area (TPSA) is 38.7 Å². The fourth-order valence-corrected chi connectivity index (χ4v) is 2.28. The zero-order chi connectivity index (χ0) is 10.5. The molecule has 1 aliphatic carbocycles. The number of hydrogen-bond acceptors (Lipinski definition) is 3. The van der Waals surface area contributed by atoms with Gasteiger partial charge in [0.25, 0.3) is 0 Å². The van der Waals surface area contributed by atoms with Crippen molar-refractivity contribution < 1.29 is 14.6 Å². The molecule has 1 fully saturated rings. The molecule has 4 unspecified atom stereocenters. The van der Waals surface area contributed by atoms with E-state index in [4.69, 9.17) is 21.1 Å². The Balaban J connectivity index is 2.27. The molecule has 1 N–H and O–H groups in total. The summed E-state index contributed by atoms with van der Waals surface area (Å²) in [6.07, 6.45) is 0.738. The highest BCUT2D eigenvalue weighted by atomic mass is 35.5. The number of aliphatic hydroxyl groups is 1. The Morgan fingerprint density at radius 3 is 2.71 bits per heavy atom. The van der Waals surface area contributed by atoms with E-state index in [1.807, 2.05) is 20.8 Å². The number of fused-ring (bicyclic) bond motifs is 1. The summed E-state index contributed by atoms with van der Waals surface area (Å²) < 4.78 is 11.3. The number of ether oxygens (including phenoxy) is 2. The second-order valence-electron chi connectivity index (χ2n) is 4.37. The predicted octanol–water partition coefficient (Wildman–Crippen LogP) is 1.43. The second-order valence-corrected chi connectivity index (χ2v) is 4.87. The Morgan fingerprint density at radius 1 is 1.43 bits per heavy atom. The van der Waals surface area contributed by atoms with Crippen LogP contribution in [0.2, 0.25) is 0 Å². The van der Waals surface area contributed by atoms with Crippen molar-refractivity contribution in [2.75, 3.05) is 0 Å². The van der Waals surface area contributed by atoms with Crippen LogP contribution in [0.25, 0.3) is 0 Å². The van der Waals surface area contributed by atoms with Gasteiger partial charge >= 0.3 is 0 Å². The Morgan fingerprint density at radius 2 is 2.07 bits per heavy atom. The minimum atomic E-state index is -0.643. The van der Waals surface area contributed by atoms with Gasteiger partial charge < -0.3 is 14.6 Å². The summed E-state index contributed by atoms with van der Waals surface area (Å²) >= 11 is 6.06. The normalized spacial score (nSPS) is 45.9. The van der Waals surface area contributed by atoms with Crippen LogP contribution in [0.1, 0.15) is 20.8 Å². The van der Waals surface area contributed by atoms with E-state index < -0.39 is 17.3 Å². The lowest BCUT2D eigenvalue weighted by molar-refractivity contribution is -0.144. The highest BCUT2D eigenvalue weighted by Crippen LogP contribution is 2.38. The van der Waals surface area contributed by atoms with Crippen LogP contribution < -0.4 is 0 Å². The van der Waals surface area contributed by atoms with E-state index in [1.165, 1.54) is 0 Å². The molecule has 1 aliphatic heterocycles.